The Morgan fingerprint density at radius 2 is 2.00 bits per heavy atom. The molecule has 1 N–H and O–H groups in total. The zero-order valence-corrected chi connectivity index (χ0v) is 8.74. The fraction of sp³-hybridized carbons (Fsp3) is 0.538. The van der Waals surface area contributed by atoms with Gasteiger partial charge in [-0.15, -0.1) is 0 Å². The van der Waals surface area contributed by atoms with E-state index in [1.54, 1.807) is 0 Å². The Hall–Kier alpha value is -0.820. The van der Waals surface area contributed by atoms with Crippen LogP contribution in [0.1, 0.15) is 42.9 Å². The van der Waals surface area contributed by atoms with E-state index in [-0.39, 0.29) is 6.10 Å². The van der Waals surface area contributed by atoms with Crippen LogP contribution in [-0.4, -0.2) is 5.11 Å². The molecule has 1 atom stereocenters. The summed E-state index contributed by atoms with van der Waals surface area (Å²) < 4.78 is 0. The van der Waals surface area contributed by atoms with E-state index in [0.717, 1.165) is 5.56 Å². The molecule has 0 aliphatic heterocycles. The van der Waals surface area contributed by atoms with Gasteiger partial charge in [0.15, 0.2) is 0 Å². The van der Waals surface area contributed by atoms with Gasteiger partial charge in [0.2, 0.25) is 0 Å². The zero-order valence-electron chi connectivity index (χ0n) is 8.74. The van der Waals surface area contributed by atoms with Crippen molar-refractivity contribution >= 4 is 0 Å². The van der Waals surface area contributed by atoms with Crippen LogP contribution >= 0.6 is 0 Å². The van der Waals surface area contributed by atoms with Crippen LogP contribution in [0.4, 0.5) is 0 Å². The van der Waals surface area contributed by atoms with Gasteiger partial charge in [0.1, 0.15) is 0 Å². The van der Waals surface area contributed by atoms with Crippen molar-refractivity contribution in [2.45, 2.75) is 38.7 Å². The molecule has 1 unspecified atom stereocenters. The summed E-state index contributed by atoms with van der Waals surface area (Å²) >= 11 is 0. The molecule has 76 valence electrons. The number of benzene rings is 1. The van der Waals surface area contributed by atoms with Crippen molar-refractivity contribution in [2.24, 2.45) is 5.92 Å². The molecule has 0 bridgehead atoms. The topological polar surface area (TPSA) is 20.2 Å². The van der Waals surface area contributed by atoms with E-state index in [0.29, 0.717) is 5.92 Å². The number of aliphatic hydroxyl groups excluding tert-OH is 1. The third kappa shape index (κ3) is 1.98. The fourth-order valence-electron chi connectivity index (χ4n) is 2.40. The Kier molecular flexibility index (Phi) is 2.87. The van der Waals surface area contributed by atoms with Gasteiger partial charge in [-0.1, -0.05) is 42.7 Å². The Balaban J connectivity index is 2.13. The first-order valence-electron chi connectivity index (χ1n) is 5.52. The molecule has 1 fully saturated rings. The molecule has 1 aromatic carbocycles. The minimum absolute atomic E-state index is 0.239. The van der Waals surface area contributed by atoms with Gasteiger partial charge in [0, 0.05) is 0 Å². The lowest BCUT2D eigenvalue weighted by Gasteiger charge is -2.18. The lowest BCUT2D eigenvalue weighted by molar-refractivity contribution is 0.111. The molecule has 2 rings (SSSR count). The molecule has 0 amide bonds. The second-order valence-electron chi connectivity index (χ2n) is 4.40. The maximum atomic E-state index is 10.1. The molecule has 1 nitrogen and oxygen atoms in total. The number of aryl methyl sites for hydroxylation is 1. The van der Waals surface area contributed by atoms with Gasteiger partial charge in [-0.05, 0) is 31.2 Å². The van der Waals surface area contributed by atoms with Crippen molar-refractivity contribution in [1.82, 2.24) is 0 Å². The van der Waals surface area contributed by atoms with Gasteiger partial charge in [0.05, 0.1) is 6.10 Å². The predicted molar refractivity (Wildman–Crippen MR) is 58.1 cm³/mol. The van der Waals surface area contributed by atoms with Gasteiger partial charge in [0.25, 0.3) is 0 Å². The molecule has 0 spiro atoms. The molecular formula is C13H18O. The summed E-state index contributed by atoms with van der Waals surface area (Å²) in [6.45, 7) is 2.07. The highest BCUT2D eigenvalue weighted by Gasteiger charge is 2.24. The summed E-state index contributed by atoms with van der Waals surface area (Å²) in [6, 6.07) is 8.24. The largest absolute Gasteiger partial charge is 0.388 e. The van der Waals surface area contributed by atoms with E-state index in [1.807, 2.05) is 12.1 Å². The number of hydrogen-bond donors (Lipinski definition) is 1. The van der Waals surface area contributed by atoms with Gasteiger partial charge >= 0.3 is 0 Å². The maximum Gasteiger partial charge on any atom is 0.0818 e. The van der Waals surface area contributed by atoms with Gasteiger partial charge < -0.3 is 5.11 Å². The molecule has 1 aliphatic rings. The van der Waals surface area contributed by atoms with Crippen LogP contribution < -0.4 is 0 Å². The molecular weight excluding hydrogens is 172 g/mol. The summed E-state index contributed by atoms with van der Waals surface area (Å²) in [4.78, 5) is 0. The van der Waals surface area contributed by atoms with Crippen molar-refractivity contribution in [3.8, 4) is 0 Å². The van der Waals surface area contributed by atoms with Crippen molar-refractivity contribution in [2.75, 3.05) is 0 Å². The molecule has 0 aromatic heterocycles. The first-order chi connectivity index (χ1) is 6.77. The first-order valence-corrected chi connectivity index (χ1v) is 5.52. The Morgan fingerprint density at radius 3 is 2.64 bits per heavy atom. The van der Waals surface area contributed by atoms with Crippen LogP contribution in [0.25, 0.3) is 0 Å². The molecule has 0 saturated heterocycles. The minimum Gasteiger partial charge on any atom is -0.388 e. The fourth-order valence-corrected chi connectivity index (χ4v) is 2.40. The molecule has 0 radical (unpaired) electrons. The number of hydrogen-bond acceptors (Lipinski definition) is 1. The lowest BCUT2D eigenvalue weighted by Crippen LogP contribution is -2.08. The van der Waals surface area contributed by atoms with Crippen LogP contribution in [0.3, 0.4) is 0 Å². The standard InChI is InChI=1S/C13H18O/c1-10-5-4-8-12(9-10)13(14)11-6-2-3-7-11/h4-5,8-9,11,13-14H,2-3,6-7H2,1H3. The second-order valence-corrected chi connectivity index (χ2v) is 4.40. The molecule has 14 heavy (non-hydrogen) atoms. The SMILES string of the molecule is Cc1cccc(C(O)C2CCCC2)c1. The van der Waals surface area contributed by atoms with Crippen LogP contribution in [-0.2, 0) is 0 Å². The Labute approximate surface area is 85.8 Å². The predicted octanol–water partition coefficient (Wildman–Crippen LogP) is 3.22. The van der Waals surface area contributed by atoms with Gasteiger partial charge in [-0.2, -0.15) is 0 Å². The smallest absolute Gasteiger partial charge is 0.0818 e. The average molecular weight is 190 g/mol. The van der Waals surface area contributed by atoms with Crippen LogP contribution in [0.2, 0.25) is 0 Å². The van der Waals surface area contributed by atoms with Crippen LogP contribution in [0.5, 0.6) is 0 Å². The Bertz CT molecular complexity index is 300. The third-order valence-electron chi connectivity index (χ3n) is 3.23. The van der Waals surface area contributed by atoms with Gasteiger partial charge in [-0.25, -0.2) is 0 Å². The highest BCUT2D eigenvalue weighted by Crippen LogP contribution is 2.35. The number of aliphatic hydroxyl groups is 1. The van der Waals surface area contributed by atoms with Gasteiger partial charge in [-0.3, -0.25) is 0 Å². The molecule has 1 heteroatoms. The number of rotatable bonds is 2. The molecule has 1 saturated carbocycles. The lowest BCUT2D eigenvalue weighted by atomic mass is 9.94. The third-order valence-corrected chi connectivity index (χ3v) is 3.23. The van der Waals surface area contributed by atoms with E-state index >= 15 is 0 Å². The molecule has 0 heterocycles. The van der Waals surface area contributed by atoms with Crippen molar-refractivity contribution < 1.29 is 5.11 Å². The summed E-state index contributed by atoms with van der Waals surface area (Å²) in [7, 11) is 0. The molecule has 1 aromatic rings. The summed E-state index contributed by atoms with van der Waals surface area (Å²) in [5.74, 6) is 0.497. The summed E-state index contributed by atoms with van der Waals surface area (Å²) in [5.41, 5.74) is 2.33. The highest BCUT2D eigenvalue weighted by atomic mass is 16.3. The minimum atomic E-state index is -0.239. The average Bonchev–Trinajstić information content (AvgIpc) is 2.69. The summed E-state index contributed by atoms with van der Waals surface area (Å²) in [6.07, 6.45) is 4.71. The molecule has 1 aliphatic carbocycles. The van der Waals surface area contributed by atoms with Crippen molar-refractivity contribution in [3.63, 3.8) is 0 Å². The van der Waals surface area contributed by atoms with Crippen LogP contribution in [0.15, 0.2) is 24.3 Å². The van der Waals surface area contributed by atoms with E-state index < -0.39 is 0 Å². The monoisotopic (exact) mass is 190 g/mol. The quantitative estimate of drug-likeness (QED) is 0.759. The first kappa shape index (κ1) is 9.72. The maximum absolute atomic E-state index is 10.1. The summed E-state index contributed by atoms with van der Waals surface area (Å²) in [5, 5.41) is 10.1. The van der Waals surface area contributed by atoms with Crippen LogP contribution in [0, 0.1) is 12.8 Å². The van der Waals surface area contributed by atoms with E-state index in [1.165, 1.54) is 31.2 Å². The van der Waals surface area contributed by atoms with Crippen molar-refractivity contribution in [3.05, 3.63) is 35.4 Å². The van der Waals surface area contributed by atoms with E-state index in [2.05, 4.69) is 19.1 Å². The normalized spacial score (nSPS) is 19.9. The van der Waals surface area contributed by atoms with Crippen molar-refractivity contribution in [1.29, 1.82) is 0 Å². The van der Waals surface area contributed by atoms with E-state index in [4.69, 9.17) is 0 Å². The zero-order chi connectivity index (χ0) is 9.97. The van der Waals surface area contributed by atoms with E-state index in [9.17, 15) is 5.11 Å². The highest BCUT2D eigenvalue weighted by molar-refractivity contribution is 5.24. The second kappa shape index (κ2) is 4.14. The Morgan fingerprint density at radius 1 is 1.29 bits per heavy atom.